The zero-order valence-corrected chi connectivity index (χ0v) is 10.7. The Morgan fingerprint density at radius 2 is 2.26 bits per heavy atom. The van der Waals surface area contributed by atoms with Crippen LogP contribution < -0.4 is 0 Å². The van der Waals surface area contributed by atoms with E-state index in [4.69, 9.17) is 16.0 Å². The smallest absolute Gasteiger partial charge is 0.360 e. The molecule has 0 saturated heterocycles. The third kappa shape index (κ3) is 1.98. The van der Waals surface area contributed by atoms with E-state index in [2.05, 4.69) is 9.84 Å². The summed E-state index contributed by atoms with van der Waals surface area (Å²) in [5, 5.41) is 5.35. The molecule has 6 heteroatoms. The predicted octanol–water partition coefficient (Wildman–Crippen LogP) is 3.06. The molecule has 3 aromatic rings. The van der Waals surface area contributed by atoms with Crippen LogP contribution in [0.3, 0.4) is 0 Å². The zero-order valence-electron chi connectivity index (χ0n) is 9.96. The molecule has 0 unspecified atom stereocenters. The van der Waals surface area contributed by atoms with Crippen molar-refractivity contribution in [2.24, 2.45) is 0 Å². The fourth-order valence-corrected chi connectivity index (χ4v) is 2.01. The molecule has 0 aliphatic carbocycles. The Morgan fingerprint density at radius 1 is 1.42 bits per heavy atom. The van der Waals surface area contributed by atoms with E-state index < -0.39 is 5.97 Å². The van der Waals surface area contributed by atoms with Gasteiger partial charge >= 0.3 is 5.97 Å². The van der Waals surface area contributed by atoms with E-state index in [0.29, 0.717) is 0 Å². The summed E-state index contributed by atoms with van der Waals surface area (Å²) in [6.07, 6.45) is 3.17. The first kappa shape index (κ1) is 11.8. The molecule has 1 aromatic carbocycles. The Labute approximate surface area is 113 Å². The number of furan rings is 1. The Balaban J connectivity index is 2.08. The number of aromatic nitrogens is 2. The van der Waals surface area contributed by atoms with E-state index >= 15 is 0 Å². The van der Waals surface area contributed by atoms with Gasteiger partial charge in [-0.15, -0.1) is 0 Å². The molecule has 96 valence electrons. The van der Waals surface area contributed by atoms with Gasteiger partial charge in [-0.05, 0) is 18.2 Å². The average molecular weight is 277 g/mol. The summed E-state index contributed by atoms with van der Waals surface area (Å²) in [7, 11) is 1.28. The molecule has 2 aromatic heterocycles. The number of esters is 1. The molecule has 0 fully saturated rings. The van der Waals surface area contributed by atoms with Gasteiger partial charge in [0, 0.05) is 11.5 Å². The Kier molecular flexibility index (Phi) is 2.76. The number of halogens is 1. The van der Waals surface area contributed by atoms with Gasteiger partial charge in [0.2, 0.25) is 0 Å². The molecule has 5 nitrogen and oxygen atoms in total. The second-order valence-corrected chi connectivity index (χ2v) is 4.31. The molecule has 0 aliphatic heterocycles. The van der Waals surface area contributed by atoms with Crippen LogP contribution >= 0.6 is 11.6 Å². The number of carbonyl (C=O) groups excluding carboxylic acids is 1. The third-order valence-corrected chi connectivity index (χ3v) is 3.03. The monoisotopic (exact) mass is 276 g/mol. The van der Waals surface area contributed by atoms with Gasteiger partial charge in [-0.1, -0.05) is 11.6 Å². The minimum atomic E-state index is -0.567. The van der Waals surface area contributed by atoms with Crippen molar-refractivity contribution in [2.75, 3.05) is 7.11 Å². The molecule has 19 heavy (non-hydrogen) atoms. The molecule has 0 bridgehead atoms. The van der Waals surface area contributed by atoms with Crippen LogP contribution in [-0.4, -0.2) is 22.9 Å². The lowest BCUT2D eigenvalue weighted by Gasteiger charge is -2.00. The van der Waals surface area contributed by atoms with Crippen molar-refractivity contribution >= 4 is 28.5 Å². The van der Waals surface area contributed by atoms with Crippen LogP contribution in [0.4, 0.5) is 0 Å². The zero-order chi connectivity index (χ0) is 13.4. The molecular weight excluding hydrogens is 268 g/mol. The van der Waals surface area contributed by atoms with Crippen LogP contribution in [0.1, 0.15) is 10.5 Å². The van der Waals surface area contributed by atoms with Crippen LogP contribution in [0.25, 0.3) is 16.7 Å². The molecule has 2 heterocycles. The summed E-state index contributed by atoms with van der Waals surface area (Å²) in [5.74, 6) is -0.567. The number of carbonyl (C=O) groups is 1. The first-order valence-electron chi connectivity index (χ1n) is 5.50. The van der Waals surface area contributed by atoms with Crippen LogP contribution in [0.15, 0.2) is 41.1 Å². The molecular formula is C13H9ClN2O3. The summed E-state index contributed by atoms with van der Waals surface area (Å²) in [4.78, 5) is 11.4. The average Bonchev–Trinajstić information content (AvgIpc) is 3.03. The largest absolute Gasteiger partial charge is 0.464 e. The molecule has 0 spiro atoms. The van der Waals surface area contributed by atoms with Gasteiger partial charge in [0.05, 0.1) is 30.3 Å². The summed E-state index contributed by atoms with van der Waals surface area (Å²) >= 11 is 5.96. The van der Waals surface area contributed by atoms with Crippen molar-refractivity contribution < 1.29 is 13.9 Å². The maximum atomic E-state index is 11.4. The van der Waals surface area contributed by atoms with Gasteiger partial charge in [0.15, 0.2) is 5.69 Å². The highest BCUT2D eigenvalue weighted by atomic mass is 35.5. The van der Waals surface area contributed by atoms with E-state index in [1.807, 2.05) is 24.3 Å². The van der Waals surface area contributed by atoms with Gasteiger partial charge in [0.1, 0.15) is 5.58 Å². The Bertz CT molecular complexity index is 760. The number of fused-ring (bicyclic) bond motifs is 1. The third-order valence-electron chi connectivity index (χ3n) is 2.75. The highest BCUT2D eigenvalue weighted by Gasteiger charge is 2.16. The number of benzene rings is 1. The quantitative estimate of drug-likeness (QED) is 0.675. The maximum Gasteiger partial charge on any atom is 0.360 e. The number of ether oxygens (including phenoxy) is 1. The highest BCUT2D eigenvalue weighted by molar-refractivity contribution is 6.33. The number of hydrogen-bond donors (Lipinski definition) is 0. The molecule has 0 aliphatic rings. The van der Waals surface area contributed by atoms with E-state index in [0.717, 1.165) is 16.7 Å². The summed E-state index contributed by atoms with van der Waals surface area (Å²) in [6.45, 7) is 0. The maximum absolute atomic E-state index is 11.4. The molecule has 0 amide bonds. The number of nitrogens with zero attached hydrogens (tertiary/aromatic N) is 2. The molecule has 0 N–H and O–H groups in total. The van der Waals surface area contributed by atoms with Crippen LogP contribution in [0.5, 0.6) is 0 Å². The first-order chi connectivity index (χ1) is 9.19. The van der Waals surface area contributed by atoms with E-state index in [1.54, 1.807) is 12.5 Å². The summed E-state index contributed by atoms with van der Waals surface area (Å²) in [5.41, 5.74) is 1.58. The normalized spacial score (nSPS) is 10.8. The molecule has 3 rings (SSSR count). The summed E-state index contributed by atoms with van der Waals surface area (Å²) < 4.78 is 11.4. The first-order valence-corrected chi connectivity index (χ1v) is 5.88. The minimum Gasteiger partial charge on any atom is -0.464 e. The number of methoxy groups -OCH3 is 1. The van der Waals surface area contributed by atoms with Crippen LogP contribution in [0.2, 0.25) is 5.02 Å². The second-order valence-electron chi connectivity index (χ2n) is 3.90. The van der Waals surface area contributed by atoms with Crippen molar-refractivity contribution in [3.63, 3.8) is 0 Å². The van der Waals surface area contributed by atoms with Crippen LogP contribution in [0, 0.1) is 0 Å². The minimum absolute atomic E-state index is 0.0868. The van der Waals surface area contributed by atoms with Gasteiger partial charge in [-0.3, -0.25) is 0 Å². The number of hydrogen-bond acceptors (Lipinski definition) is 4. The molecule has 0 radical (unpaired) electrons. The Hall–Kier alpha value is -2.27. The van der Waals surface area contributed by atoms with Gasteiger partial charge in [-0.25, -0.2) is 9.48 Å². The van der Waals surface area contributed by atoms with E-state index in [-0.39, 0.29) is 10.7 Å². The fourth-order valence-electron chi connectivity index (χ4n) is 1.81. The van der Waals surface area contributed by atoms with Crippen molar-refractivity contribution in [1.29, 1.82) is 0 Å². The van der Waals surface area contributed by atoms with E-state index in [9.17, 15) is 4.79 Å². The van der Waals surface area contributed by atoms with Gasteiger partial charge in [0.25, 0.3) is 0 Å². The standard InChI is InChI=1S/C13H9ClN2O3/c1-18-13(17)12-10(14)7-16(15-12)9-3-2-8-4-5-19-11(8)6-9/h2-7H,1H3. The summed E-state index contributed by atoms with van der Waals surface area (Å²) in [6, 6.07) is 7.46. The highest BCUT2D eigenvalue weighted by Crippen LogP contribution is 2.22. The molecule has 0 atom stereocenters. The lowest BCUT2D eigenvalue weighted by atomic mass is 10.2. The predicted molar refractivity (Wildman–Crippen MR) is 69.7 cm³/mol. The van der Waals surface area contributed by atoms with E-state index in [1.165, 1.54) is 11.8 Å². The molecule has 0 saturated carbocycles. The SMILES string of the molecule is COC(=O)c1nn(-c2ccc3ccoc3c2)cc1Cl. The second kappa shape index (κ2) is 4.44. The number of rotatable bonds is 2. The topological polar surface area (TPSA) is 57.3 Å². The van der Waals surface area contributed by atoms with Crippen molar-refractivity contribution in [3.05, 3.63) is 47.4 Å². The fraction of sp³-hybridized carbons (Fsp3) is 0.0769. The lowest BCUT2D eigenvalue weighted by Crippen LogP contribution is -2.04. The lowest BCUT2D eigenvalue weighted by molar-refractivity contribution is 0.0593. The van der Waals surface area contributed by atoms with Gasteiger partial charge in [-0.2, -0.15) is 5.10 Å². The van der Waals surface area contributed by atoms with Crippen LogP contribution in [-0.2, 0) is 4.74 Å². The van der Waals surface area contributed by atoms with Crippen molar-refractivity contribution in [2.45, 2.75) is 0 Å². The Morgan fingerprint density at radius 3 is 3.05 bits per heavy atom. The van der Waals surface area contributed by atoms with Crippen molar-refractivity contribution in [1.82, 2.24) is 9.78 Å². The van der Waals surface area contributed by atoms with Crippen molar-refractivity contribution in [3.8, 4) is 5.69 Å². The van der Waals surface area contributed by atoms with Gasteiger partial charge < -0.3 is 9.15 Å².